The Bertz CT molecular complexity index is 848. The van der Waals surface area contributed by atoms with Gasteiger partial charge >= 0.3 is 7.12 Å². The molecule has 0 saturated carbocycles. The van der Waals surface area contributed by atoms with Crippen LogP contribution in [0.1, 0.15) is 38.8 Å². The molecule has 0 spiro atoms. The lowest BCUT2D eigenvalue weighted by Gasteiger charge is -2.32. The molecule has 0 bridgehead atoms. The number of benzene rings is 2. The third-order valence-corrected chi connectivity index (χ3v) is 6.35. The van der Waals surface area contributed by atoms with E-state index in [1.54, 1.807) is 26.0 Å². The van der Waals surface area contributed by atoms with Gasteiger partial charge in [0.05, 0.1) is 15.7 Å². The zero-order valence-corrected chi connectivity index (χ0v) is 18.6. The summed E-state index contributed by atoms with van der Waals surface area (Å²) in [4.78, 5) is 0. The van der Waals surface area contributed by atoms with Crippen LogP contribution < -0.4 is 16.9 Å². The quantitative estimate of drug-likeness (QED) is 0.491. The van der Waals surface area contributed by atoms with Crippen LogP contribution in [0.25, 0.3) is 0 Å². The molecule has 0 amide bonds. The summed E-state index contributed by atoms with van der Waals surface area (Å²) in [5.41, 5.74) is 13.3. The van der Waals surface area contributed by atoms with Gasteiger partial charge in [-0.15, -0.1) is 0 Å². The summed E-state index contributed by atoms with van der Waals surface area (Å²) in [5, 5.41) is 0. The van der Waals surface area contributed by atoms with Gasteiger partial charge in [0.2, 0.25) is 0 Å². The van der Waals surface area contributed by atoms with Gasteiger partial charge in [0.15, 0.2) is 0 Å². The molecule has 0 aromatic heterocycles. The number of halogens is 3. The highest BCUT2D eigenvalue weighted by Gasteiger charge is 2.52. The molecule has 1 fully saturated rings. The topological polar surface area (TPSA) is 70.5 Å². The van der Waals surface area contributed by atoms with Crippen LogP contribution >= 0.6 is 15.9 Å². The average Bonchev–Trinajstić information content (AvgIpc) is 2.81. The fraction of sp³-hybridized carbons (Fsp3) is 0.400. The van der Waals surface area contributed by atoms with E-state index in [0.717, 1.165) is 5.56 Å². The summed E-state index contributed by atoms with van der Waals surface area (Å²) in [6, 6.07) is 5.80. The van der Waals surface area contributed by atoms with Crippen LogP contribution in [-0.2, 0) is 9.31 Å². The largest absolute Gasteiger partial charge is 0.498 e. The Labute approximate surface area is 173 Å². The van der Waals surface area contributed by atoms with Crippen molar-refractivity contribution in [3.8, 4) is 0 Å². The van der Waals surface area contributed by atoms with Crippen LogP contribution in [0.3, 0.4) is 0 Å². The summed E-state index contributed by atoms with van der Waals surface area (Å²) in [5.74, 6) is -0.619. The molecule has 1 saturated heterocycles. The molecule has 0 unspecified atom stereocenters. The Balaban J connectivity index is 0.000000237. The van der Waals surface area contributed by atoms with Gasteiger partial charge in [-0.2, -0.15) is 0 Å². The second-order valence-electron chi connectivity index (χ2n) is 7.84. The van der Waals surface area contributed by atoms with Gasteiger partial charge < -0.3 is 20.8 Å². The SMILES string of the molecule is Cc1c(N)ccc(F)c1B1OC(C)(C)C(C)(C)O1.Cc1c(N)ccc(F)c1Br. The van der Waals surface area contributed by atoms with Crippen molar-refractivity contribution >= 4 is 39.9 Å². The molecule has 0 aliphatic carbocycles. The van der Waals surface area contributed by atoms with Gasteiger partial charge in [-0.25, -0.2) is 8.78 Å². The maximum Gasteiger partial charge on any atom is 0.498 e. The Hall–Kier alpha value is -1.64. The lowest BCUT2D eigenvalue weighted by molar-refractivity contribution is 0.00578. The Morgan fingerprint density at radius 1 is 0.821 bits per heavy atom. The monoisotopic (exact) mass is 454 g/mol. The van der Waals surface area contributed by atoms with Gasteiger partial charge in [-0.1, -0.05) is 0 Å². The number of hydrogen-bond donors (Lipinski definition) is 2. The van der Waals surface area contributed by atoms with Gasteiger partial charge in [0.1, 0.15) is 11.6 Å². The number of nitrogens with two attached hydrogens (primary N) is 2. The number of nitrogen functional groups attached to an aromatic ring is 2. The van der Waals surface area contributed by atoms with Crippen molar-refractivity contribution in [2.75, 3.05) is 11.5 Å². The summed E-state index contributed by atoms with van der Waals surface area (Å²) in [6.07, 6.45) is 0. The third-order valence-electron chi connectivity index (χ3n) is 5.37. The highest BCUT2D eigenvalue weighted by atomic mass is 79.9. The van der Waals surface area contributed by atoms with Crippen LogP contribution in [0, 0.1) is 25.5 Å². The second kappa shape index (κ2) is 8.01. The van der Waals surface area contributed by atoms with Gasteiger partial charge in [-0.05, 0) is 92.9 Å². The molecule has 8 heteroatoms. The fourth-order valence-electron chi connectivity index (χ4n) is 2.63. The van der Waals surface area contributed by atoms with Gasteiger partial charge in [0, 0.05) is 16.8 Å². The molecule has 3 rings (SSSR count). The van der Waals surface area contributed by atoms with E-state index in [1.807, 2.05) is 27.7 Å². The number of anilines is 2. The molecular weight excluding hydrogens is 429 g/mol. The van der Waals surface area contributed by atoms with Crippen molar-refractivity contribution in [1.29, 1.82) is 0 Å². The maximum atomic E-state index is 14.0. The molecule has 28 heavy (non-hydrogen) atoms. The predicted molar refractivity (Wildman–Crippen MR) is 115 cm³/mol. The molecule has 152 valence electrons. The molecule has 4 N–H and O–H groups in total. The molecule has 0 atom stereocenters. The van der Waals surface area contributed by atoms with Crippen molar-refractivity contribution in [2.24, 2.45) is 0 Å². The lowest BCUT2D eigenvalue weighted by atomic mass is 9.75. The van der Waals surface area contributed by atoms with E-state index in [2.05, 4.69) is 15.9 Å². The van der Waals surface area contributed by atoms with Crippen molar-refractivity contribution < 1.29 is 18.1 Å². The lowest BCUT2D eigenvalue weighted by Crippen LogP contribution is -2.41. The molecule has 2 aromatic carbocycles. The predicted octanol–water partition coefficient (Wildman–Crippen LogP) is 4.49. The van der Waals surface area contributed by atoms with Crippen LogP contribution in [0.15, 0.2) is 28.7 Å². The maximum absolute atomic E-state index is 14.0. The van der Waals surface area contributed by atoms with Crippen molar-refractivity contribution in [2.45, 2.75) is 52.7 Å². The normalized spacial score (nSPS) is 17.2. The van der Waals surface area contributed by atoms with E-state index in [0.29, 0.717) is 26.9 Å². The van der Waals surface area contributed by atoms with Crippen molar-refractivity contribution in [3.05, 3.63) is 51.5 Å². The highest BCUT2D eigenvalue weighted by molar-refractivity contribution is 9.10. The van der Waals surface area contributed by atoms with Crippen LogP contribution in [0.2, 0.25) is 0 Å². The highest BCUT2D eigenvalue weighted by Crippen LogP contribution is 2.37. The van der Waals surface area contributed by atoms with Crippen molar-refractivity contribution in [3.63, 3.8) is 0 Å². The van der Waals surface area contributed by atoms with Crippen LogP contribution in [-0.4, -0.2) is 18.3 Å². The first kappa shape index (κ1) is 22.7. The van der Waals surface area contributed by atoms with E-state index >= 15 is 0 Å². The summed E-state index contributed by atoms with van der Waals surface area (Å²) in [6.45, 7) is 11.3. The third kappa shape index (κ3) is 4.34. The van der Waals surface area contributed by atoms with Gasteiger partial charge in [0.25, 0.3) is 0 Å². The zero-order chi connectivity index (χ0) is 21.4. The Morgan fingerprint density at radius 3 is 1.71 bits per heavy atom. The molecular formula is C20H26BBrF2N2O2. The van der Waals surface area contributed by atoms with Crippen LogP contribution in [0.5, 0.6) is 0 Å². The molecule has 4 nitrogen and oxygen atoms in total. The Morgan fingerprint density at radius 2 is 1.25 bits per heavy atom. The van der Waals surface area contributed by atoms with Gasteiger partial charge in [-0.3, -0.25) is 0 Å². The molecule has 0 radical (unpaired) electrons. The minimum absolute atomic E-state index is 0.272. The zero-order valence-electron chi connectivity index (χ0n) is 17.0. The summed E-state index contributed by atoms with van der Waals surface area (Å²) >= 11 is 3.07. The van der Waals surface area contributed by atoms with E-state index in [-0.39, 0.29) is 11.6 Å². The first-order valence-corrected chi connectivity index (χ1v) is 9.68. The van der Waals surface area contributed by atoms with E-state index < -0.39 is 18.3 Å². The van der Waals surface area contributed by atoms with E-state index in [1.165, 1.54) is 12.1 Å². The van der Waals surface area contributed by atoms with E-state index in [9.17, 15) is 8.78 Å². The molecule has 1 aliphatic heterocycles. The van der Waals surface area contributed by atoms with E-state index in [4.69, 9.17) is 20.8 Å². The summed E-state index contributed by atoms with van der Waals surface area (Å²) in [7, 11) is -0.710. The second-order valence-corrected chi connectivity index (χ2v) is 8.63. The molecule has 2 aromatic rings. The van der Waals surface area contributed by atoms with Crippen LogP contribution in [0.4, 0.5) is 20.2 Å². The average molecular weight is 455 g/mol. The standard InChI is InChI=1S/C13H19BFNO2.C7H7BrFN/c1-8-10(16)7-6-9(15)11(8)14-17-12(2,3)13(4,5)18-14;1-4-6(10)3-2-5(9)7(4)8/h6-7H,16H2,1-5H3;2-3H,10H2,1H3. The number of rotatable bonds is 1. The molecule has 1 aliphatic rings. The number of hydrogen-bond acceptors (Lipinski definition) is 4. The molecule has 1 heterocycles. The smallest absolute Gasteiger partial charge is 0.399 e. The minimum Gasteiger partial charge on any atom is -0.399 e. The van der Waals surface area contributed by atoms with Crippen molar-refractivity contribution in [1.82, 2.24) is 0 Å². The first-order valence-electron chi connectivity index (χ1n) is 8.88. The Kier molecular flexibility index (Phi) is 6.48. The first-order chi connectivity index (χ1) is 12.8. The minimum atomic E-state index is -0.710. The summed E-state index contributed by atoms with van der Waals surface area (Å²) < 4.78 is 38.8. The fourth-order valence-corrected chi connectivity index (χ4v) is 2.99.